The Hall–Kier alpha value is -2.82. The van der Waals surface area contributed by atoms with Gasteiger partial charge in [-0.15, -0.1) is 0 Å². The number of esters is 2. The van der Waals surface area contributed by atoms with E-state index in [1.54, 1.807) is 34.6 Å². The molecule has 0 spiro atoms. The first-order chi connectivity index (χ1) is 33.5. The molecule has 4 aliphatic heterocycles. The summed E-state index contributed by atoms with van der Waals surface area (Å²) in [4.78, 5) is 61.8. The van der Waals surface area contributed by atoms with E-state index in [0.717, 1.165) is 0 Å². The molecular weight excluding hydrogens is 937 g/mol. The molecule has 72 heavy (non-hydrogen) atoms. The van der Waals surface area contributed by atoms with Crippen molar-refractivity contribution in [2.24, 2.45) is 41.4 Å². The van der Waals surface area contributed by atoms with Crippen LogP contribution in [0.2, 0.25) is 0 Å². The Balaban J connectivity index is 1.95. The fraction of sp³-hybridized carbons (Fsp3) is 0.887. The molecule has 416 valence electrons. The van der Waals surface area contributed by atoms with Gasteiger partial charge in [0, 0.05) is 71.5 Å². The van der Waals surface area contributed by atoms with Gasteiger partial charge >= 0.3 is 18.0 Å². The monoisotopic (exact) mass is 1030 g/mol. The minimum atomic E-state index is -1.87. The van der Waals surface area contributed by atoms with Crippen LogP contribution in [0.1, 0.15) is 116 Å². The molecule has 0 saturated carbocycles. The molecule has 0 unspecified atom stereocenters. The highest BCUT2D eigenvalue weighted by Crippen LogP contribution is 2.41. The first-order valence-electron chi connectivity index (χ1n) is 26.1. The van der Waals surface area contributed by atoms with Crippen LogP contribution in [0.3, 0.4) is 0 Å². The van der Waals surface area contributed by atoms with Crippen LogP contribution in [0, 0.1) is 41.4 Å². The van der Waals surface area contributed by atoms with Crippen molar-refractivity contribution >= 4 is 23.8 Å². The number of aliphatic hydroxyl groups excluding tert-OH is 2. The Morgan fingerprint density at radius 3 is 2.07 bits per heavy atom. The summed E-state index contributed by atoms with van der Waals surface area (Å²) in [5, 5.41) is 22.4. The van der Waals surface area contributed by atoms with Crippen LogP contribution in [0.15, 0.2) is 12.2 Å². The van der Waals surface area contributed by atoms with Crippen LogP contribution in [-0.2, 0) is 66.5 Å². The molecule has 0 aliphatic carbocycles. The molecule has 0 bridgehead atoms. The van der Waals surface area contributed by atoms with Crippen LogP contribution < -0.4 is 0 Å². The van der Waals surface area contributed by atoms with Crippen molar-refractivity contribution in [3.63, 3.8) is 0 Å². The first kappa shape index (κ1) is 61.7. The third-order valence-corrected chi connectivity index (χ3v) is 15.2. The molecule has 2 N–H and O–H groups in total. The van der Waals surface area contributed by atoms with Gasteiger partial charge in [-0.25, -0.2) is 4.79 Å². The van der Waals surface area contributed by atoms with Crippen LogP contribution >= 0.6 is 0 Å². The Bertz CT molecular complexity index is 1790. The van der Waals surface area contributed by atoms with E-state index >= 15 is 9.59 Å². The number of rotatable bonds is 14. The lowest BCUT2D eigenvalue weighted by Crippen LogP contribution is -2.59. The Morgan fingerprint density at radius 2 is 1.47 bits per heavy atom. The maximum atomic E-state index is 15.5. The minimum absolute atomic E-state index is 0.0304. The van der Waals surface area contributed by atoms with Crippen LogP contribution in [0.4, 0.5) is 4.79 Å². The number of amides is 1. The highest BCUT2D eigenvalue weighted by Gasteiger charge is 2.52. The number of methoxy groups -OCH3 is 2. The number of cyclic esters (lactones) is 1. The Kier molecular flexibility index (Phi) is 23.0. The normalized spacial score (nSPS) is 41.7. The predicted molar refractivity (Wildman–Crippen MR) is 265 cm³/mol. The summed E-state index contributed by atoms with van der Waals surface area (Å²) in [5.41, 5.74) is -1.35. The van der Waals surface area contributed by atoms with Crippen LogP contribution in [0.25, 0.3) is 0 Å². The van der Waals surface area contributed by atoms with Gasteiger partial charge in [0.1, 0.15) is 36.6 Å². The lowest BCUT2D eigenvalue weighted by atomic mass is 9.74. The molecule has 22 atom stereocenters. The molecule has 0 aromatic heterocycles. The summed E-state index contributed by atoms with van der Waals surface area (Å²) in [6.45, 7) is 28.2. The average Bonchev–Trinajstić information content (AvgIpc) is 3.42. The van der Waals surface area contributed by atoms with Gasteiger partial charge in [0.25, 0.3) is 0 Å². The number of hydrogen-bond donors (Lipinski definition) is 2. The summed E-state index contributed by atoms with van der Waals surface area (Å²) < 4.78 is 69.8. The number of likely N-dealkylation sites (N-methyl/N-ethyl adjacent to an activating group) is 1. The van der Waals surface area contributed by atoms with E-state index in [1.165, 1.54) is 33.2 Å². The molecule has 4 heterocycles. The van der Waals surface area contributed by atoms with Gasteiger partial charge in [-0.3, -0.25) is 14.4 Å². The molecule has 19 nitrogen and oxygen atoms in total. The number of aliphatic hydroxyl groups is 2. The van der Waals surface area contributed by atoms with Crippen LogP contribution in [0.5, 0.6) is 0 Å². The third kappa shape index (κ3) is 15.4. The molecule has 0 aromatic rings. The maximum Gasteiger partial charge on any atom is 0.410 e. The van der Waals surface area contributed by atoms with Gasteiger partial charge < -0.3 is 72.1 Å². The molecular formula is C53H92N2O17. The van der Waals surface area contributed by atoms with Crippen molar-refractivity contribution in [2.45, 2.75) is 213 Å². The molecule has 4 saturated heterocycles. The summed E-state index contributed by atoms with van der Waals surface area (Å²) in [6.07, 6.45) is -12.4. The lowest BCUT2D eigenvalue weighted by Gasteiger charge is -2.45. The zero-order valence-electron chi connectivity index (χ0n) is 46.6. The standard InChI is InChI=1S/C53H92N2O17/c1-26(2)20-38(56)68-44-34(10)43(29(5)25-64-51-47(63-19)46(62-18)41(58)37(13)67-51)70-49(60)36(12)45(69-39-22-30(6)55(17)24-32(8)65-39)33(9)42(71-50-40(57)27(3)21-31(7)66-50)28(4)23-53(14,48(59)35(44)11)72-52(61)54(15)16/h26,28-37,39-47,50-51,57-58H,3,20-25H2,1-2,4-19H3/t28-,29-,30+,31+,32-,33+,34-,35+,36+,37+,39-,40+,41+,42-,43+,44+,45-,46+,47+,50-,51+,53-/m0/s1. The lowest BCUT2D eigenvalue weighted by molar-refractivity contribution is -0.305. The van der Waals surface area contributed by atoms with Crippen molar-refractivity contribution < 1.29 is 81.5 Å². The zero-order valence-corrected chi connectivity index (χ0v) is 46.6. The highest BCUT2D eigenvalue weighted by atomic mass is 16.7. The van der Waals surface area contributed by atoms with Gasteiger partial charge in [-0.05, 0) is 78.8 Å². The fourth-order valence-corrected chi connectivity index (χ4v) is 10.9. The topological polar surface area (TPSA) is 217 Å². The number of carbonyl (C=O) groups excluding carboxylic acids is 4. The first-order valence-corrected chi connectivity index (χ1v) is 26.1. The van der Waals surface area contributed by atoms with E-state index in [0.29, 0.717) is 25.0 Å². The number of carbonyl (C=O) groups is 4. The number of hydrogen-bond acceptors (Lipinski definition) is 18. The maximum absolute atomic E-state index is 15.5. The molecule has 0 radical (unpaired) electrons. The van der Waals surface area contributed by atoms with Crippen LogP contribution in [-0.4, -0.2) is 190 Å². The predicted octanol–water partition coefficient (Wildman–Crippen LogP) is 5.53. The number of nitrogens with zero attached hydrogens (tertiary/aromatic N) is 2. The Labute approximate surface area is 429 Å². The van der Waals surface area contributed by atoms with Crippen molar-refractivity contribution in [2.75, 3.05) is 48.5 Å². The van der Waals surface area contributed by atoms with Gasteiger partial charge in [0.2, 0.25) is 0 Å². The summed E-state index contributed by atoms with van der Waals surface area (Å²) in [6, 6.07) is 0.0399. The molecule has 4 aliphatic rings. The summed E-state index contributed by atoms with van der Waals surface area (Å²) in [7, 11) is 7.97. The molecule has 4 fully saturated rings. The second-order valence-corrected chi connectivity index (χ2v) is 22.4. The minimum Gasteiger partial charge on any atom is -0.461 e. The summed E-state index contributed by atoms with van der Waals surface area (Å²) in [5.74, 6) is -6.97. The number of ether oxygens (including phenoxy) is 11. The quantitative estimate of drug-likeness (QED) is 0.124. The highest BCUT2D eigenvalue weighted by molar-refractivity contribution is 5.91. The van der Waals surface area contributed by atoms with E-state index < -0.39 is 139 Å². The molecule has 0 aromatic carbocycles. The van der Waals surface area contributed by atoms with E-state index in [2.05, 4.69) is 18.4 Å². The number of Topliss-reactive ketones (excluding diaryl/α,β-unsaturated/α-hetero) is 1. The van der Waals surface area contributed by atoms with Gasteiger partial charge in [-0.1, -0.05) is 55.0 Å². The van der Waals surface area contributed by atoms with E-state index in [-0.39, 0.29) is 43.6 Å². The van der Waals surface area contributed by atoms with Crippen molar-refractivity contribution in [3.8, 4) is 0 Å². The van der Waals surface area contributed by atoms with Crippen molar-refractivity contribution in [1.82, 2.24) is 9.80 Å². The van der Waals surface area contributed by atoms with E-state index in [9.17, 15) is 19.8 Å². The summed E-state index contributed by atoms with van der Waals surface area (Å²) >= 11 is 0. The zero-order chi connectivity index (χ0) is 54.3. The van der Waals surface area contributed by atoms with Gasteiger partial charge in [0.15, 0.2) is 30.3 Å². The number of ketones is 1. The average molecular weight is 1030 g/mol. The van der Waals surface area contributed by atoms with Gasteiger partial charge in [0.05, 0.1) is 49.0 Å². The van der Waals surface area contributed by atoms with Gasteiger partial charge in [-0.2, -0.15) is 0 Å². The largest absolute Gasteiger partial charge is 0.461 e. The third-order valence-electron chi connectivity index (χ3n) is 15.2. The van der Waals surface area contributed by atoms with Crippen molar-refractivity contribution in [3.05, 3.63) is 12.2 Å². The van der Waals surface area contributed by atoms with Crippen molar-refractivity contribution in [1.29, 1.82) is 0 Å². The van der Waals surface area contributed by atoms with E-state index in [1.807, 2.05) is 55.5 Å². The van der Waals surface area contributed by atoms with E-state index in [4.69, 9.17) is 52.1 Å². The molecule has 1 amide bonds. The molecule has 19 heteroatoms. The second kappa shape index (κ2) is 26.8. The fourth-order valence-electron chi connectivity index (χ4n) is 10.9. The second-order valence-electron chi connectivity index (χ2n) is 22.4. The Morgan fingerprint density at radius 1 is 0.833 bits per heavy atom. The SMILES string of the molecule is C=C1C[C@@H](C)O[C@@H](O[C@@H]2[C@@H](C)[C@H](O[C@H]3C[C@@H](C)N(C)C[C@H](C)O3)[C@@H](C)C(=O)O[C@H]([C@@H](C)CO[C@@H]3O[C@H](C)[C@@H](O)[C@@H](OC)[C@H]3OC)[C@H](C)[C@@H](OC(=O)CC(C)C)[C@@H](C)C(=O)[C@@](C)(OC(=O)N(C)C)C[C@@H]2C)[C@@H]1O. The smallest absolute Gasteiger partial charge is 0.410 e. The molecule has 4 rings (SSSR count).